The van der Waals surface area contributed by atoms with Crippen LogP contribution < -0.4 is 0 Å². The van der Waals surface area contributed by atoms with Crippen molar-refractivity contribution in [3.8, 4) is 0 Å². The highest BCUT2D eigenvalue weighted by Crippen LogP contribution is 2.36. The number of hydrogen-bond donors (Lipinski definition) is 2. The lowest BCUT2D eigenvalue weighted by Crippen LogP contribution is -2.29. The molecule has 0 aliphatic carbocycles. The minimum absolute atomic E-state index is 0.0808. The topological polar surface area (TPSA) is 132 Å². The van der Waals surface area contributed by atoms with E-state index in [0.29, 0.717) is 25.0 Å². The van der Waals surface area contributed by atoms with Crippen molar-refractivity contribution < 1.29 is 42.7 Å². The van der Waals surface area contributed by atoms with Gasteiger partial charge in [0, 0.05) is 12.8 Å². The predicted octanol–water partition coefficient (Wildman–Crippen LogP) is 9.02. The van der Waals surface area contributed by atoms with Crippen molar-refractivity contribution >= 4 is 19.8 Å². The minimum atomic E-state index is -4.77. The molecule has 1 heterocycles. The summed E-state index contributed by atoms with van der Waals surface area (Å²) in [5.41, 5.74) is 0. The van der Waals surface area contributed by atoms with Crippen LogP contribution in [0.4, 0.5) is 0 Å². The number of carbonyl (C=O) groups is 2. The van der Waals surface area contributed by atoms with Gasteiger partial charge in [0.05, 0.1) is 18.8 Å². The van der Waals surface area contributed by atoms with Gasteiger partial charge in [-0.2, -0.15) is 0 Å². The monoisotopic (exact) mass is 680 g/mol. The van der Waals surface area contributed by atoms with E-state index in [4.69, 9.17) is 24.0 Å². The maximum atomic E-state index is 12.3. The molecule has 10 heteroatoms. The zero-order valence-electron chi connectivity index (χ0n) is 29.0. The molecule has 0 aromatic carbocycles. The molecule has 268 valence electrons. The molecule has 1 saturated heterocycles. The molecule has 0 amide bonds. The highest BCUT2D eigenvalue weighted by molar-refractivity contribution is 7.46. The van der Waals surface area contributed by atoms with E-state index in [0.717, 1.165) is 63.7 Å². The van der Waals surface area contributed by atoms with Crippen LogP contribution in [0.15, 0.2) is 60.8 Å². The Morgan fingerprint density at radius 1 is 0.723 bits per heavy atom. The normalized spacial score (nSPS) is 17.7. The summed E-state index contributed by atoms with van der Waals surface area (Å²) in [4.78, 5) is 42.5. The van der Waals surface area contributed by atoms with Crippen LogP contribution >= 0.6 is 7.82 Å². The van der Waals surface area contributed by atoms with Crippen molar-refractivity contribution in [1.29, 1.82) is 0 Å². The number of rotatable bonds is 29. The van der Waals surface area contributed by atoms with Gasteiger partial charge in [0.15, 0.2) is 6.10 Å². The van der Waals surface area contributed by atoms with Crippen LogP contribution in [0, 0.1) is 5.92 Å². The third kappa shape index (κ3) is 28.4. The molecule has 1 aliphatic heterocycles. The Bertz CT molecular complexity index is 1020. The van der Waals surface area contributed by atoms with Gasteiger partial charge in [-0.15, -0.1) is 0 Å². The zero-order valence-corrected chi connectivity index (χ0v) is 29.9. The summed E-state index contributed by atoms with van der Waals surface area (Å²) in [6.45, 7) is 5.69. The molecule has 2 N–H and O–H groups in total. The Morgan fingerprint density at radius 3 is 1.87 bits per heavy atom. The number of carbonyl (C=O) groups excluding carboxylic acids is 2. The maximum absolute atomic E-state index is 12.3. The van der Waals surface area contributed by atoms with Gasteiger partial charge in [0.1, 0.15) is 6.61 Å². The number of esters is 2. The molecule has 0 aromatic rings. The molecule has 0 spiro atoms. The lowest BCUT2D eigenvalue weighted by atomic mass is 10.0. The van der Waals surface area contributed by atoms with Gasteiger partial charge in [-0.1, -0.05) is 120 Å². The molecule has 1 rings (SSSR count). The number of phosphoric acid groups is 1. The molecule has 3 atom stereocenters. The Balaban J connectivity index is 2.18. The Hall–Kier alpha value is -2.29. The zero-order chi connectivity index (χ0) is 34.6. The molecule has 0 bridgehead atoms. The number of hydrogen-bond acceptors (Lipinski definition) is 7. The largest absolute Gasteiger partial charge is 0.469 e. The summed E-state index contributed by atoms with van der Waals surface area (Å²) in [7, 11) is -4.77. The van der Waals surface area contributed by atoms with Crippen LogP contribution in [0.25, 0.3) is 0 Å². The molecule has 0 radical (unpaired) electrons. The third-order valence-corrected chi connectivity index (χ3v) is 7.88. The van der Waals surface area contributed by atoms with E-state index in [1.165, 1.54) is 19.3 Å². The van der Waals surface area contributed by atoms with Gasteiger partial charge in [-0.05, 0) is 57.3 Å². The van der Waals surface area contributed by atoms with Crippen LogP contribution in [0.1, 0.15) is 124 Å². The van der Waals surface area contributed by atoms with E-state index < -0.39 is 32.5 Å². The second kappa shape index (κ2) is 27.6. The first kappa shape index (κ1) is 42.7. The average Bonchev–Trinajstić information content (AvgIpc) is 3.77. The summed E-state index contributed by atoms with van der Waals surface area (Å²) in [6.07, 6.45) is 34.6. The quantitative estimate of drug-likeness (QED) is 0.0261. The van der Waals surface area contributed by atoms with Crippen molar-refractivity contribution in [1.82, 2.24) is 0 Å². The highest BCUT2D eigenvalue weighted by Gasteiger charge is 2.35. The molecule has 0 aromatic heterocycles. The molecule has 2 unspecified atom stereocenters. The SMILES string of the molecule is CC/C=C\CC1OC1C/C=C\C/C=C\C/C=C\C/C=C\CCC(=O)O[C@H](COC(=O)CCCCCCCCC(C)C)COP(=O)(O)O. The van der Waals surface area contributed by atoms with Crippen molar-refractivity contribution in [2.24, 2.45) is 5.92 Å². The van der Waals surface area contributed by atoms with Gasteiger partial charge in [-0.25, -0.2) is 4.57 Å². The standard InChI is InChI=1S/C37H61O9P/c1-4-5-20-26-34-35(46-34)27-22-17-12-10-8-6-7-9-11-13-19-24-29-37(39)45-33(31-44-47(40,41)42)30-43-36(38)28-23-18-15-14-16-21-25-32(2)3/h5,7-10,13,17,19-20,22,32-35H,4,6,11-12,14-16,18,21,23-31H2,1-3H3,(H2,40,41,42)/b9-7-,10-8-,19-13-,20-5-,22-17-/t33-,34?,35?/m1/s1. The van der Waals surface area contributed by atoms with Crippen molar-refractivity contribution in [2.75, 3.05) is 13.2 Å². The fraction of sp³-hybridized carbons (Fsp3) is 0.676. The van der Waals surface area contributed by atoms with Gasteiger partial charge < -0.3 is 24.0 Å². The van der Waals surface area contributed by atoms with Gasteiger partial charge in [0.25, 0.3) is 0 Å². The summed E-state index contributed by atoms with van der Waals surface area (Å²) in [6, 6.07) is 0. The smallest absolute Gasteiger partial charge is 0.462 e. The van der Waals surface area contributed by atoms with E-state index in [1.807, 2.05) is 12.2 Å². The predicted molar refractivity (Wildman–Crippen MR) is 188 cm³/mol. The Labute approximate surface area is 283 Å². The first-order valence-electron chi connectivity index (χ1n) is 17.6. The molecule has 0 saturated carbocycles. The average molecular weight is 681 g/mol. The fourth-order valence-electron chi connectivity index (χ4n) is 4.68. The minimum Gasteiger partial charge on any atom is -0.462 e. The van der Waals surface area contributed by atoms with Crippen molar-refractivity contribution in [3.63, 3.8) is 0 Å². The molecule has 47 heavy (non-hydrogen) atoms. The highest BCUT2D eigenvalue weighted by atomic mass is 31.2. The maximum Gasteiger partial charge on any atom is 0.469 e. The summed E-state index contributed by atoms with van der Waals surface area (Å²) in [5, 5.41) is 0. The van der Waals surface area contributed by atoms with E-state index in [1.54, 1.807) is 0 Å². The first-order chi connectivity index (χ1) is 22.6. The van der Waals surface area contributed by atoms with Gasteiger partial charge >= 0.3 is 19.8 Å². The lowest BCUT2D eigenvalue weighted by molar-refractivity contribution is -0.161. The van der Waals surface area contributed by atoms with Crippen LogP contribution in [0.5, 0.6) is 0 Å². The van der Waals surface area contributed by atoms with E-state index >= 15 is 0 Å². The summed E-state index contributed by atoms with van der Waals surface area (Å²) in [5.74, 6) is -0.272. The Morgan fingerprint density at radius 2 is 1.28 bits per heavy atom. The van der Waals surface area contributed by atoms with Crippen LogP contribution in [-0.4, -0.2) is 53.3 Å². The van der Waals surface area contributed by atoms with Gasteiger partial charge in [-0.3, -0.25) is 14.1 Å². The van der Waals surface area contributed by atoms with Gasteiger partial charge in [0.2, 0.25) is 0 Å². The molecule has 1 aliphatic rings. The molecular weight excluding hydrogens is 619 g/mol. The van der Waals surface area contributed by atoms with Crippen molar-refractivity contribution in [3.05, 3.63) is 60.8 Å². The summed E-state index contributed by atoms with van der Waals surface area (Å²) >= 11 is 0. The number of epoxide rings is 1. The fourth-order valence-corrected chi connectivity index (χ4v) is 5.04. The number of unbranched alkanes of at least 4 members (excludes halogenated alkanes) is 5. The van der Waals surface area contributed by atoms with Crippen LogP contribution in [-0.2, 0) is 32.9 Å². The molecular formula is C37H61O9P. The number of phosphoric ester groups is 1. The van der Waals surface area contributed by atoms with E-state index in [-0.39, 0.29) is 19.4 Å². The number of ether oxygens (including phenoxy) is 3. The van der Waals surface area contributed by atoms with E-state index in [9.17, 15) is 14.2 Å². The second-order valence-electron chi connectivity index (χ2n) is 12.3. The molecule has 9 nitrogen and oxygen atoms in total. The molecule has 1 fully saturated rings. The third-order valence-electron chi connectivity index (χ3n) is 7.39. The number of allylic oxidation sites excluding steroid dienone is 8. The van der Waals surface area contributed by atoms with Crippen LogP contribution in [0.2, 0.25) is 0 Å². The summed E-state index contributed by atoms with van der Waals surface area (Å²) < 4.78 is 31.8. The lowest BCUT2D eigenvalue weighted by Gasteiger charge is -2.18. The van der Waals surface area contributed by atoms with E-state index in [2.05, 4.69) is 73.9 Å². The second-order valence-corrected chi connectivity index (χ2v) is 13.6. The van der Waals surface area contributed by atoms with Crippen LogP contribution in [0.3, 0.4) is 0 Å². The first-order valence-corrected chi connectivity index (χ1v) is 19.1. The van der Waals surface area contributed by atoms with Crippen molar-refractivity contribution in [2.45, 2.75) is 142 Å². The Kier molecular flexibility index (Phi) is 25.1.